The normalized spacial score (nSPS) is 11.1. The molecule has 4 rings (SSSR count). The van der Waals surface area contributed by atoms with E-state index in [1.165, 1.54) is 0 Å². The minimum Gasteiger partial charge on any atom is -0.497 e. The highest BCUT2D eigenvalue weighted by Gasteiger charge is 2.23. The summed E-state index contributed by atoms with van der Waals surface area (Å²) in [5.74, 6) is 1.82. The van der Waals surface area contributed by atoms with E-state index in [0.717, 1.165) is 22.3 Å². The first-order valence-corrected chi connectivity index (χ1v) is 10.3. The average Bonchev–Trinajstić information content (AvgIpc) is 3.16. The summed E-state index contributed by atoms with van der Waals surface area (Å²) in [5.41, 5.74) is 4.31. The lowest BCUT2D eigenvalue weighted by Crippen LogP contribution is -2.41. The number of nitrogens with one attached hydrogen (secondary N) is 1. The fourth-order valence-corrected chi connectivity index (χ4v) is 3.44. The van der Waals surface area contributed by atoms with Crippen LogP contribution in [0.4, 0.5) is 5.69 Å². The summed E-state index contributed by atoms with van der Waals surface area (Å²) in [6.45, 7) is 2.12. The van der Waals surface area contributed by atoms with Crippen LogP contribution in [0.1, 0.15) is 17.0 Å². The van der Waals surface area contributed by atoms with Gasteiger partial charge in [-0.3, -0.25) is 4.79 Å². The molecule has 3 aromatic carbocycles. The number of rotatable bonds is 7. The molecule has 0 atom stereocenters. The van der Waals surface area contributed by atoms with Gasteiger partial charge < -0.3 is 19.2 Å². The fraction of sp³-hybridized carbons (Fsp3) is 0.154. The number of hydrogen-bond donors (Lipinski definition) is 1. The van der Waals surface area contributed by atoms with E-state index in [0.29, 0.717) is 23.0 Å². The Balaban J connectivity index is 1.64. The molecule has 0 aliphatic heterocycles. The summed E-state index contributed by atoms with van der Waals surface area (Å²) in [5, 5.41) is 2.94. The van der Waals surface area contributed by atoms with E-state index in [4.69, 9.17) is 13.9 Å². The Kier molecular flexibility index (Phi) is 6.22. The van der Waals surface area contributed by atoms with Crippen molar-refractivity contribution in [2.24, 2.45) is 0 Å². The standard InChI is InChI=1S/C26H24N2O4/c1-18-8-12-20(13-9-18)27-25(29)17-28-22-6-4-5-7-23(22)32-26(28)15-11-19-10-14-21(30-2)16-24(19)31-3/h4-16H,17H2,1-3H3/p+1. The van der Waals surface area contributed by atoms with Gasteiger partial charge in [0, 0.05) is 23.4 Å². The van der Waals surface area contributed by atoms with E-state index >= 15 is 0 Å². The first kappa shape index (κ1) is 21.2. The van der Waals surface area contributed by atoms with Gasteiger partial charge in [-0.15, -0.1) is 4.57 Å². The van der Waals surface area contributed by atoms with Gasteiger partial charge >= 0.3 is 5.89 Å². The highest BCUT2D eigenvalue weighted by molar-refractivity contribution is 5.90. The molecule has 1 amide bonds. The molecule has 6 nitrogen and oxygen atoms in total. The molecule has 1 aromatic heterocycles. The molecule has 1 heterocycles. The van der Waals surface area contributed by atoms with E-state index in [2.05, 4.69) is 5.32 Å². The van der Waals surface area contributed by atoms with Crippen LogP contribution in [0, 0.1) is 6.92 Å². The second-order valence-electron chi connectivity index (χ2n) is 7.35. The van der Waals surface area contributed by atoms with Crippen molar-refractivity contribution in [3.05, 3.63) is 83.7 Å². The maximum atomic E-state index is 12.8. The minimum absolute atomic E-state index is 0.115. The first-order valence-electron chi connectivity index (χ1n) is 10.3. The number of carbonyl (C=O) groups is 1. The maximum Gasteiger partial charge on any atom is 0.374 e. The van der Waals surface area contributed by atoms with Crippen molar-refractivity contribution in [1.82, 2.24) is 0 Å². The molecule has 0 unspecified atom stereocenters. The van der Waals surface area contributed by atoms with Crippen LogP contribution >= 0.6 is 0 Å². The zero-order chi connectivity index (χ0) is 22.5. The van der Waals surface area contributed by atoms with Gasteiger partial charge in [0.2, 0.25) is 12.1 Å². The second-order valence-corrected chi connectivity index (χ2v) is 7.35. The third-order valence-corrected chi connectivity index (χ3v) is 5.12. The highest BCUT2D eigenvalue weighted by atomic mass is 16.5. The zero-order valence-electron chi connectivity index (χ0n) is 18.3. The van der Waals surface area contributed by atoms with Gasteiger partial charge in [-0.05, 0) is 43.3 Å². The van der Waals surface area contributed by atoms with E-state index in [1.54, 1.807) is 14.2 Å². The quantitative estimate of drug-likeness (QED) is 0.427. The van der Waals surface area contributed by atoms with Gasteiger partial charge in [-0.25, -0.2) is 0 Å². The number of hydrogen-bond acceptors (Lipinski definition) is 4. The van der Waals surface area contributed by atoms with Crippen molar-refractivity contribution in [2.75, 3.05) is 19.5 Å². The Hall–Kier alpha value is -4.06. The number of benzene rings is 3. The summed E-state index contributed by atoms with van der Waals surface area (Å²) in [6, 6.07) is 21.0. The van der Waals surface area contributed by atoms with Gasteiger partial charge in [0.25, 0.3) is 11.4 Å². The Bertz CT molecular complexity index is 1270. The molecule has 0 fully saturated rings. The lowest BCUT2D eigenvalue weighted by molar-refractivity contribution is -0.664. The largest absolute Gasteiger partial charge is 0.497 e. The van der Waals surface area contributed by atoms with Crippen molar-refractivity contribution < 1.29 is 23.3 Å². The molecule has 32 heavy (non-hydrogen) atoms. The van der Waals surface area contributed by atoms with Crippen LogP contribution in [0.3, 0.4) is 0 Å². The Morgan fingerprint density at radius 1 is 1.00 bits per heavy atom. The minimum atomic E-state index is -0.137. The number of anilines is 1. The average molecular weight is 429 g/mol. The predicted octanol–water partition coefficient (Wildman–Crippen LogP) is 4.86. The van der Waals surface area contributed by atoms with Gasteiger partial charge in [0.1, 0.15) is 11.5 Å². The highest BCUT2D eigenvalue weighted by Crippen LogP contribution is 2.26. The van der Waals surface area contributed by atoms with Gasteiger partial charge in [0.05, 0.1) is 20.3 Å². The Morgan fingerprint density at radius 2 is 1.78 bits per heavy atom. The summed E-state index contributed by atoms with van der Waals surface area (Å²) in [6.07, 6.45) is 3.73. The van der Waals surface area contributed by atoms with Crippen LogP contribution in [0.2, 0.25) is 0 Å². The van der Waals surface area contributed by atoms with Crippen LogP contribution in [0.15, 0.2) is 71.1 Å². The Labute approximate surface area is 186 Å². The van der Waals surface area contributed by atoms with Crippen LogP contribution in [-0.2, 0) is 11.3 Å². The molecule has 0 radical (unpaired) electrons. The van der Waals surface area contributed by atoms with Crippen molar-refractivity contribution in [3.8, 4) is 11.5 Å². The van der Waals surface area contributed by atoms with Crippen molar-refractivity contribution in [3.63, 3.8) is 0 Å². The van der Waals surface area contributed by atoms with Crippen LogP contribution in [0.25, 0.3) is 23.3 Å². The van der Waals surface area contributed by atoms with Gasteiger partial charge in [0.15, 0.2) is 0 Å². The SMILES string of the molecule is COc1ccc(C=Cc2oc3ccccc3[n+]2CC(=O)Nc2ccc(C)cc2)c(OC)c1. The summed E-state index contributed by atoms with van der Waals surface area (Å²) >= 11 is 0. The predicted molar refractivity (Wildman–Crippen MR) is 125 cm³/mol. The zero-order valence-corrected chi connectivity index (χ0v) is 18.3. The van der Waals surface area contributed by atoms with Gasteiger partial charge in [-0.1, -0.05) is 29.8 Å². The number of methoxy groups -OCH3 is 2. The number of fused-ring (bicyclic) bond motifs is 1. The van der Waals surface area contributed by atoms with E-state index in [-0.39, 0.29) is 12.5 Å². The van der Waals surface area contributed by atoms with E-state index in [9.17, 15) is 4.79 Å². The smallest absolute Gasteiger partial charge is 0.374 e. The summed E-state index contributed by atoms with van der Waals surface area (Å²) < 4.78 is 18.6. The number of nitrogens with zero attached hydrogens (tertiary/aromatic N) is 1. The molecular formula is C26H25N2O4+. The number of aryl methyl sites for hydroxylation is 1. The van der Waals surface area contributed by atoms with E-state index in [1.807, 2.05) is 90.4 Å². The van der Waals surface area contributed by atoms with Gasteiger partial charge in [-0.2, -0.15) is 0 Å². The molecule has 6 heteroatoms. The lowest BCUT2D eigenvalue weighted by atomic mass is 10.1. The number of amides is 1. The number of aromatic nitrogens is 1. The van der Waals surface area contributed by atoms with Crippen molar-refractivity contribution in [1.29, 1.82) is 0 Å². The number of para-hydroxylation sites is 2. The van der Waals surface area contributed by atoms with Crippen LogP contribution < -0.4 is 19.4 Å². The number of carbonyl (C=O) groups excluding carboxylic acids is 1. The second kappa shape index (κ2) is 9.39. The fourth-order valence-electron chi connectivity index (χ4n) is 3.44. The molecule has 0 saturated carbocycles. The number of ether oxygens (including phenoxy) is 2. The molecule has 0 saturated heterocycles. The molecule has 0 spiro atoms. The van der Waals surface area contributed by atoms with E-state index < -0.39 is 0 Å². The van der Waals surface area contributed by atoms with Crippen LogP contribution in [-0.4, -0.2) is 20.1 Å². The van der Waals surface area contributed by atoms with Crippen molar-refractivity contribution >= 4 is 34.8 Å². The summed E-state index contributed by atoms with van der Waals surface area (Å²) in [7, 11) is 3.23. The monoisotopic (exact) mass is 429 g/mol. The first-order chi connectivity index (χ1) is 15.6. The molecule has 4 aromatic rings. The summed E-state index contributed by atoms with van der Waals surface area (Å²) in [4.78, 5) is 12.8. The van der Waals surface area contributed by atoms with Crippen molar-refractivity contribution in [2.45, 2.75) is 13.5 Å². The third kappa shape index (κ3) is 4.64. The topological polar surface area (TPSA) is 64.6 Å². The maximum absolute atomic E-state index is 12.8. The Morgan fingerprint density at radius 3 is 2.53 bits per heavy atom. The lowest BCUT2D eigenvalue weighted by Gasteiger charge is -2.06. The molecule has 0 aliphatic rings. The molecule has 162 valence electrons. The molecular weight excluding hydrogens is 404 g/mol. The molecule has 0 aliphatic carbocycles. The molecule has 1 N–H and O–H groups in total. The number of oxazole rings is 1. The third-order valence-electron chi connectivity index (χ3n) is 5.12. The van der Waals surface area contributed by atoms with Crippen LogP contribution in [0.5, 0.6) is 11.5 Å². The molecule has 0 bridgehead atoms.